The lowest BCUT2D eigenvalue weighted by Crippen LogP contribution is -2.14. The van der Waals surface area contributed by atoms with Gasteiger partial charge in [0.15, 0.2) is 0 Å². The third-order valence-corrected chi connectivity index (χ3v) is 2.31. The predicted octanol–water partition coefficient (Wildman–Crippen LogP) is 2.09. The maximum Gasteiger partial charge on any atom is 0.258 e. The van der Waals surface area contributed by atoms with E-state index in [9.17, 15) is 4.79 Å². The smallest absolute Gasteiger partial charge is 0.258 e. The lowest BCUT2D eigenvalue weighted by atomic mass is 10.4. The van der Waals surface area contributed by atoms with Gasteiger partial charge in [0.2, 0.25) is 0 Å². The highest BCUT2D eigenvalue weighted by Crippen LogP contribution is 2.08. The van der Waals surface area contributed by atoms with Gasteiger partial charge < -0.3 is 0 Å². The molecule has 5 heteroatoms. The second-order valence-corrected chi connectivity index (χ2v) is 3.50. The predicted molar refractivity (Wildman–Crippen MR) is 56.0 cm³/mol. The van der Waals surface area contributed by atoms with E-state index >= 15 is 0 Å². The van der Waals surface area contributed by atoms with E-state index in [0.29, 0.717) is 16.4 Å². The molecule has 0 aliphatic rings. The van der Waals surface area contributed by atoms with Crippen LogP contribution in [0.15, 0.2) is 29.2 Å². The average molecular weight is 229 g/mol. The minimum atomic E-state index is -0.173. The van der Waals surface area contributed by atoms with Gasteiger partial charge in [-0.1, -0.05) is 11.6 Å². The molecular weight excluding hydrogens is 223 g/mol. The number of aromatic nitrogens is 2. The van der Waals surface area contributed by atoms with E-state index in [2.05, 4.69) is 4.98 Å². The fourth-order valence-electron chi connectivity index (χ4n) is 1.19. The lowest BCUT2D eigenvalue weighted by molar-refractivity contribution is 1.01. The summed E-state index contributed by atoms with van der Waals surface area (Å²) in [5.41, 5.74) is 0.949. The molecule has 0 bridgehead atoms. The summed E-state index contributed by atoms with van der Waals surface area (Å²) in [4.78, 5) is 15.7. The molecule has 0 N–H and O–H groups in total. The second kappa shape index (κ2) is 3.59. The summed E-state index contributed by atoms with van der Waals surface area (Å²) in [7, 11) is 0. The van der Waals surface area contributed by atoms with Crippen molar-refractivity contribution >= 4 is 28.8 Å². The summed E-state index contributed by atoms with van der Waals surface area (Å²) >= 11 is 11.3. The summed E-state index contributed by atoms with van der Waals surface area (Å²) in [5.74, 6) is 0.231. The van der Waals surface area contributed by atoms with Crippen molar-refractivity contribution in [1.82, 2.24) is 9.38 Å². The molecule has 3 nitrogen and oxygen atoms in total. The topological polar surface area (TPSA) is 34.4 Å². The number of rotatable bonds is 1. The van der Waals surface area contributed by atoms with Crippen LogP contribution in [0, 0.1) is 0 Å². The van der Waals surface area contributed by atoms with E-state index in [4.69, 9.17) is 23.2 Å². The summed E-state index contributed by atoms with van der Waals surface area (Å²) in [6, 6.07) is 4.76. The van der Waals surface area contributed by atoms with E-state index in [-0.39, 0.29) is 11.4 Å². The van der Waals surface area contributed by atoms with Crippen molar-refractivity contribution in [1.29, 1.82) is 0 Å². The van der Waals surface area contributed by atoms with Crippen LogP contribution in [-0.2, 0) is 5.88 Å². The number of halogens is 2. The summed E-state index contributed by atoms with van der Waals surface area (Å²) in [6.07, 6.45) is 1.53. The monoisotopic (exact) mass is 228 g/mol. The Morgan fingerprint density at radius 1 is 1.43 bits per heavy atom. The van der Waals surface area contributed by atoms with Gasteiger partial charge >= 0.3 is 0 Å². The normalized spacial score (nSPS) is 10.7. The summed E-state index contributed by atoms with van der Waals surface area (Å²) in [6.45, 7) is 0. The molecule has 0 spiro atoms. The first-order chi connectivity index (χ1) is 6.70. The molecule has 0 atom stereocenters. The third kappa shape index (κ3) is 1.61. The fraction of sp³-hybridized carbons (Fsp3) is 0.111. The number of pyridine rings is 1. The number of nitrogens with zero attached hydrogens (tertiary/aromatic N) is 2. The Labute approximate surface area is 89.9 Å². The minimum Gasteiger partial charge on any atom is -0.269 e. The van der Waals surface area contributed by atoms with Crippen LogP contribution < -0.4 is 5.56 Å². The quantitative estimate of drug-likeness (QED) is 0.701. The maximum absolute atomic E-state index is 11.5. The molecule has 2 heterocycles. The van der Waals surface area contributed by atoms with E-state index in [1.165, 1.54) is 16.7 Å². The van der Waals surface area contributed by atoms with Gasteiger partial charge in [0.1, 0.15) is 5.65 Å². The van der Waals surface area contributed by atoms with Crippen LogP contribution in [0.1, 0.15) is 5.69 Å². The molecule has 14 heavy (non-hydrogen) atoms. The molecule has 0 saturated heterocycles. The van der Waals surface area contributed by atoms with Crippen LogP contribution in [-0.4, -0.2) is 9.38 Å². The van der Waals surface area contributed by atoms with Crippen molar-refractivity contribution in [2.45, 2.75) is 5.88 Å². The SMILES string of the molecule is O=c1cc(CCl)nc2ccc(Cl)cn12. The zero-order valence-corrected chi connectivity index (χ0v) is 8.59. The molecule has 0 aromatic carbocycles. The zero-order chi connectivity index (χ0) is 10.1. The van der Waals surface area contributed by atoms with Crippen LogP contribution in [0.3, 0.4) is 0 Å². The Hall–Kier alpha value is -1.06. The molecule has 0 unspecified atom stereocenters. The number of hydrogen-bond donors (Lipinski definition) is 0. The number of hydrogen-bond acceptors (Lipinski definition) is 2. The van der Waals surface area contributed by atoms with E-state index in [0.717, 1.165) is 0 Å². The molecule has 0 amide bonds. The average Bonchev–Trinajstić information content (AvgIpc) is 2.19. The van der Waals surface area contributed by atoms with Crippen LogP contribution in [0.25, 0.3) is 5.65 Å². The minimum absolute atomic E-state index is 0.173. The maximum atomic E-state index is 11.5. The Bertz CT molecular complexity index is 536. The first-order valence-electron chi connectivity index (χ1n) is 3.94. The van der Waals surface area contributed by atoms with Crippen molar-refractivity contribution in [3.05, 3.63) is 45.5 Å². The van der Waals surface area contributed by atoms with Crippen molar-refractivity contribution in [2.75, 3.05) is 0 Å². The van der Waals surface area contributed by atoms with Gasteiger partial charge in [0, 0.05) is 12.3 Å². The van der Waals surface area contributed by atoms with Crippen molar-refractivity contribution < 1.29 is 0 Å². The molecular formula is C9H6Cl2N2O. The van der Waals surface area contributed by atoms with Crippen LogP contribution in [0.2, 0.25) is 5.02 Å². The molecule has 0 aliphatic heterocycles. The molecule has 0 fully saturated rings. The highest BCUT2D eigenvalue weighted by Gasteiger charge is 2.01. The second-order valence-electron chi connectivity index (χ2n) is 2.79. The Kier molecular flexibility index (Phi) is 2.44. The van der Waals surface area contributed by atoms with Gasteiger partial charge in [-0.15, -0.1) is 11.6 Å². The zero-order valence-electron chi connectivity index (χ0n) is 7.08. The molecule has 0 aliphatic carbocycles. The van der Waals surface area contributed by atoms with Gasteiger partial charge in [-0.25, -0.2) is 4.98 Å². The largest absolute Gasteiger partial charge is 0.269 e. The molecule has 2 aromatic heterocycles. The third-order valence-electron chi connectivity index (χ3n) is 1.81. The Morgan fingerprint density at radius 2 is 2.21 bits per heavy atom. The first-order valence-corrected chi connectivity index (χ1v) is 4.86. The van der Waals surface area contributed by atoms with Gasteiger partial charge in [-0.05, 0) is 12.1 Å². The molecule has 2 aromatic rings. The molecule has 2 rings (SSSR count). The fourth-order valence-corrected chi connectivity index (χ4v) is 1.49. The van der Waals surface area contributed by atoms with Gasteiger partial charge in [0.05, 0.1) is 16.6 Å². The first kappa shape index (κ1) is 9.49. The Morgan fingerprint density at radius 3 is 2.93 bits per heavy atom. The van der Waals surface area contributed by atoms with E-state index in [1.54, 1.807) is 12.1 Å². The van der Waals surface area contributed by atoms with Crippen LogP contribution >= 0.6 is 23.2 Å². The highest BCUT2D eigenvalue weighted by atomic mass is 35.5. The van der Waals surface area contributed by atoms with E-state index in [1.807, 2.05) is 0 Å². The lowest BCUT2D eigenvalue weighted by Gasteiger charge is -2.01. The molecule has 0 saturated carbocycles. The van der Waals surface area contributed by atoms with Crippen molar-refractivity contribution in [3.8, 4) is 0 Å². The van der Waals surface area contributed by atoms with E-state index < -0.39 is 0 Å². The van der Waals surface area contributed by atoms with Gasteiger partial charge in [-0.2, -0.15) is 0 Å². The Balaban J connectivity index is 2.83. The van der Waals surface area contributed by atoms with Crippen molar-refractivity contribution in [2.24, 2.45) is 0 Å². The molecule has 72 valence electrons. The number of alkyl halides is 1. The van der Waals surface area contributed by atoms with Crippen LogP contribution in [0.5, 0.6) is 0 Å². The van der Waals surface area contributed by atoms with Gasteiger partial charge in [-0.3, -0.25) is 9.20 Å². The summed E-state index contributed by atoms with van der Waals surface area (Å²) < 4.78 is 1.39. The highest BCUT2D eigenvalue weighted by molar-refractivity contribution is 6.30. The van der Waals surface area contributed by atoms with Crippen LogP contribution in [0.4, 0.5) is 0 Å². The van der Waals surface area contributed by atoms with Crippen molar-refractivity contribution in [3.63, 3.8) is 0 Å². The standard InChI is InChI=1S/C9H6Cl2N2O/c10-4-7-3-9(14)13-5-6(11)1-2-8(13)12-7/h1-3,5H,4H2. The number of fused-ring (bicyclic) bond motifs is 1. The summed E-state index contributed by atoms with van der Waals surface area (Å²) in [5, 5.41) is 0.500. The van der Waals surface area contributed by atoms with Gasteiger partial charge in [0.25, 0.3) is 5.56 Å². The molecule has 0 radical (unpaired) electrons.